The summed E-state index contributed by atoms with van der Waals surface area (Å²) in [6, 6.07) is 7.07. The van der Waals surface area contributed by atoms with E-state index in [1.54, 1.807) is 32.9 Å². The molecule has 1 aromatic heterocycles. The number of carbonyl (C=O) groups excluding carboxylic acids is 5. The van der Waals surface area contributed by atoms with Crippen LogP contribution >= 0.6 is 34.8 Å². The molecule has 3 N–H and O–H groups in total. The Kier molecular flexibility index (Phi) is 15.3. The predicted molar refractivity (Wildman–Crippen MR) is 216 cm³/mol. The Hall–Kier alpha value is -3.73. The first-order valence-electron chi connectivity index (χ1n) is 19.4. The number of carbonyl (C=O) groups is 5. The van der Waals surface area contributed by atoms with Gasteiger partial charge in [-0.1, -0.05) is 78.0 Å². The van der Waals surface area contributed by atoms with Gasteiger partial charge in [0.1, 0.15) is 36.5 Å². The Morgan fingerprint density at radius 2 is 1.69 bits per heavy atom. The van der Waals surface area contributed by atoms with Gasteiger partial charge >= 0.3 is 18.0 Å². The maximum absolute atomic E-state index is 14.2. The fourth-order valence-corrected chi connectivity index (χ4v) is 7.12. The van der Waals surface area contributed by atoms with Crippen LogP contribution in [0.1, 0.15) is 90.4 Å². The van der Waals surface area contributed by atoms with Crippen molar-refractivity contribution in [3.8, 4) is 0 Å². The highest BCUT2D eigenvalue weighted by Crippen LogP contribution is 2.34. The molecule has 2 saturated heterocycles. The highest BCUT2D eigenvalue weighted by atomic mass is 35.6. The number of alkyl carbamates (subject to hydrolysis) is 1. The van der Waals surface area contributed by atoms with Crippen molar-refractivity contribution >= 4 is 81.6 Å². The molecule has 3 fully saturated rings. The molecule has 5 rings (SSSR count). The number of aromatic nitrogens is 1. The summed E-state index contributed by atoms with van der Waals surface area (Å²) in [6.07, 6.45) is 5.60. The van der Waals surface area contributed by atoms with Crippen molar-refractivity contribution in [3.05, 3.63) is 47.7 Å². The first-order chi connectivity index (χ1) is 27.3. The molecule has 18 heteroatoms. The number of fused-ring (bicyclic) bond motifs is 1. The smallest absolute Gasteiger partial charge is 0.408 e. The van der Waals surface area contributed by atoms with Crippen LogP contribution in [-0.2, 0) is 42.9 Å². The van der Waals surface area contributed by atoms with Gasteiger partial charge in [0.2, 0.25) is 3.79 Å². The Morgan fingerprint density at radius 3 is 2.36 bits per heavy atom. The van der Waals surface area contributed by atoms with Crippen LogP contribution in [0.15, 0.2) is 36.4 Å². The number of hydrogen-bond donors (Lipinski definition) is 3. The third-order valence-electron chi connectivity index (χ3n) is 9.97. The normalized spacial score (nSPS) is 20.6. The zero-order chi connectivity index (χ0) is 42.3. The fraction of sp³-hybridized carbons (Fsp3) is 0.600. The van der Waals surface area contributed by atoms with Crippen LogP contribution in [0.5, 0.6) is 0 Å². The van der Waals surface area contributed by atoms with Crippen molar-refractivity contribution in [3.63, 3.8) is 0 Å². The molecule has 0 spiro atoms. The average molecular weight is 869 g/mol. The van der Waals surface area contributed by atoms with E-state index in [0.717, 1.165) is 23.8 Å². The van der Waals surface area contributed by atoms with E-state index in [2.05, 4.69) is 16.1 Å². The molecule has 3 amide bonds. The minimum absolute atomic E-state index is 0.0107. The zero-order valence-electron chi connectivity index (χ0n) is 33.3. The number of rotatable bonds is 12. The van der Waals surface area contributed by atoms with Gasteiger partial charge < -0.3 is 34.3 Å². The van der Waals surface area contributed by atoms with E-state index in [1.807, 2.05) is 37.3 Å². The molecule has 2 aromatic rings. The largest absolute Gasteiger partial charge is 0.460 e. The lowest BCUT2D eigenvalue weighted by Crippen LogP contribution is -2.60. The highest BCUT2D eigenvalue weighted by molar-refractivity contribution is 6.67. The van der Waals surface area contributed by atoms with E-state index in [0.29, 0.717) is 36.9 Å². The molecule has 318 valence electrons. The molecular weight excluding hydrogens is 817 g/mol. The first kappa shape index (κ1) is 45.4. The molecule has 1 saturated carbocycles. The number of alkyl halides is 3. The van der Waals surface area contributed by atoms with E-state index < -0.39 is 75.5 Å². The summed E-state index contributed by atoms with van der Waals surface area (Å²) in [6.45, 7) is 8.43. The molecule has 2 aliphatic heterocycles. The number of ether oxygens (including phenoxy) is 5. The summed E-state index contributed by atoms with van der Waals surface area (Å²) >= 11 is 17.1. The van der Waals surface area contributed by atoms with Gasteiger partial charge in [0.15, 0.2) is 6.10 Å². The van der Waals surface area contributed by atoms with Crippen molar-refractivity contribution in [2.45, 2.75) is 107 Å². The maximum Gasteiger partial charge on any atom is 0.408 e. The van der Waals surface area contributed by atoms with Crippen molar-refractivity contribution in [1.29, 1.82) is 0 Å². The lowest BCUT2D eigenvalue weighted by molar-refractivity contribution is -0.193. The van der Waals surface area contributed by atoms with Crippen LogP contribution in [0.25, 0.3) is 17.0 Å². The second-order valence-electron chi connectivity index (χ2n) is 16.0. The van der Waals surface area contributed by atoms with Crippen LogP contribution in [0.3, 0.4) is 0 Å². The number of nitrogens with zero attached hydrogens (tertiary/aromatic N) is 2. The van der Waals surface area contributed by atoms with Crippen LogP contribution in [0.4, 0.5) is 4.79 Å². The predicted octanol–water partition coefficient (Wildman–Crippen LogP) is 5.84. The SMILES string of the molecule is CC(NC(=O)C(OC(=O)C1(C=Cc2ccc3ccc(C(C)NC(=O)OC(C)(C)C)nc3c2)COCOC1)C1CCCC1)C(=O)N1CCCC(C(=O)OCC(Cl)(Cl)Cl)N1. The molecule has 4 unspecified atom stereocenters. The molecule has 0 radical (unpaired) electrons. The van der Waals surface area contributed by atoms with Crippen molar-refractivity contribution in [1.82, 2.24) is 26.1 Å². The number of nitrogens with one attached hydrogen (secondary N) is 3. The van der Waals surface area contributed by atoms with Gasteiger partial charge in [0.05, 0.1) is 30.5 Å². The molecule has 3 heterocycles. The molecule has 15 nitrogen and oxygen atoms in total. The third-order valence-corrected chi connectivity index (χ3v) is 10.3. The van der Waals surface area contributed by atoms with Gasteiger partial charge in [-0.3, -0.25) is 29.2 Å². The number of amides is 3. The molecule has 0 bridgehead atoms. The summed E-state index contributed by atoms with van der Waals surface area (Å²) in [5, 5.41) is 7.68. The van der Waals surface area contributed by atoms with Crippen molar-refractivity contribution in [2.24, 2.45) is 11.3 Å². The minimum atomic E-state index is -1.78. The number of esters is 2. The number of halogens is 3. The average Bonchev–Trinajstić information content (AvgIpc) is 3.71. The molecule has 4 atom stereocenters. The molecule has 58 heavy (non-hydrogen) atoms. The van der Waals surface area contributed by atoms with Crippen LogP contribution in [-0.4, -0.2) is 101 Å². The van der Waals surface area contributed by atoms with E-state index in [1.165, 1.54) is 11.9 Å². The second-order valence-corrected chi connectivity index (χ2v) is 18.5. The number of pyridine rings is 1. The van der Waals surface area contributed by atoms with Gasteiger partial charge in [0.25, 0.3) is 11.8 Å². The van der Waals surface area contributed by atoms with Crippen molar-refractivity contribution < 1.29 is 47.7 Å². The van der Waals surface area contributed by atoms with Gasteiger partial charge in [-0.25, -0.2) is 10.2 Å². The molecule has 1 aliphatic carbocycles. The summed E-state index contributed by atoms with van der Waals surface area (Å²) in [7, 11) is 0. The number of benzene rings is 1. The summed E-state index contributed by atoms with van der Waals surface area (Å²) < 4.78 is 26.0. The topological polar surface area (TPSA) is 184 Å². The lowest BCUT2D eigenvalue weighted by Gasteiger charge is -2.35. The number of hydrogen-bond acceptors (Lipinski definition) is 12. The van der Waals surface area contributed by atoms with Gasteiger partial charge in [-0.05, 0) is 78.0 Å². The van der Waals surface area contributed by atoms with Crippen LogP contribution < -0.4 is 16.1 Å². The minimum Gasteiger partial charge on any atom is -0.460 e. The van der Waals surface area contributed by atoms with Crippen molar-refractivity contribution in [2.75, 3.05) is 33.2 Å². The monoisotopic (exact) mass is 867 g/mol. The highest BCUT2D eigenvalue weighted by Gasteiger charge is 2.45. The Labute approximate surface area is 353 Å². The summed E-state index contributed by atoms with van der Waals surface area (Å²) in [4.78, 5) is 71.3. The third kappa shape index (κ3) is 12.6. The standard InChI is InChI=1S/C40H52Cl3N5O10/c1-24(45-37(53)58-38(3,4)5)29-15-14-27-13-12-26(19-31(27)46-29)16-17-39(20-54-23-55-21-39)36(52)57-32(28-9-6-7-10-28)33(49)44-25(2)34(50)48-18-8-11-30(47-48)35(51)56-22-40(41,42)43/h12-17,19,24-25,28,30,32,47H,6-11,18,20-23H2,1-5H3,(H,44,49)(H,45,53). The van der Waals surface area contributed by atoms with E-state index in [-0.39, 0.29) is 32.5 Å². The van der Waals surface area contributed by atoms with Gasteiger partial charge in [-0.2, -0.15) is 0 Å². The van der Waals surface area contributed by atoms with Gasteiger partial charge in [0, 0.05) is 17.8 Å². The molecule has 3 aliphatic rings. The maximum atomic E-state index is 14.2. The quantitative estimate of drug-likeness (QED) is 0.132. The fourth-order valence-electron chi connectivity index (χ4n) is 6.96. The Balaban J connectivity index is 1.27. The number of hydrazine groups is 1. The zero-order valence-corrected chi connectivity index (χ0v) is 35.6. The Morgan fingerprint density at radius 1 is 1.00 bits per heavy atom. The lowest BCUT2D eigenvalue weighted by atomic mass is 9.87. The Bertz CT molecular complexity index is 1840. The summed E-state index contributed by atoms with van der Waals surface area (Å²) in [5.74, 6) is -2.76. The van der Waals surface area contributed by atoms with Gasteiger partial charge in [-0.15, -0.1) is 0 Å². The van der Waals surface area contributed by atoms with E-state index in [9.17, 15) is 24.0 Å². The summed E-state index contributed by atoms with van der Waals surface area (Å²) in [5.41, 5.74) is 2.86. The molecule has 1 aromatic carbocycles. The van der Waals surface area contributed by atoms with Crippen LogP contribution in [0.2, 0.25) is 0 Å². The van der Waals surface area contributed by atoms with E-state index in [4.69, 9.17) is 63.5 Å². The first-order valence-corrected chi connectivity index (χ1v) is 20.5. The van der Waals surface area contributed by atoms with E-state index >= 15 is 0 Å². The molecular formula is C40H52Cl3N5O10. The second kappa shape index (κ2) is 19.6. The van der Waals surface area contributed by atoms with Crippen LogP contribution in [0, 0.1) is 11.3 Å².